The molecule has 2 aromatic carbocycles. The lowest BCUT2D eigenvalue weighted by molar-refractivity contribution is -0.141. The molecule has 0 aliphatic heterocycles. The summed E-state index contributed by atoms with van der Waals surface area (Å²) in [6.07, 6.45) is 2.29. The Kier molecular flexibility index (Phi) is 10.9. The number of carbonyl (C=O) groups is 2. The third-order valence-electron chi connectivity index (χ3n) is 5.07. The maximum absolute atomic E-state index is 13.4. The Hall–Kier alpha value is -2.73. The second-order valence-electron chi connectivity index (χ2n) is 8.17. The topological polar surface area (TPSA) is 58.6 Å². The molecule has 0 heterocycles. The molecular weight excluding hydrogens is 407 g/mol. The molecule has 2 rings (SSSR count). The quantitative estimate of drug-likeness (QED) is 0.465. The van der Waals surface area contributed by atoms with Gasteiger partial charge >= 0.3 is 0 Å². The largest absolute Gasteiger partial charge is 0.379 e. The first-order valence-corrected chi connectivity index (χ1v) is 11.4. The fourth-order valence-electron chi connectivity index (χ4n) is 3.42. The number of nitrogens with zero attached hydrogens (tertiary/aromatic N) is 1. The van der Waals surface area contributed by atoms with Gasteiger partial charge in [0.25, 0.3) is 0 Å². The van der Waals surface area contributed by atoms with Crippen LogP contribution in [-0.2, 0) is 27.3 Å². The van der Waals surface area contributed by atoms with Gasteiger partial charge in [-0.2, -0.15) is 0 Å². The zero-order chi connectivity index (χ0) is 23.3. The maximum atomic E-state index is 13.4. The summed E-state index contributed by atoms with van der Waals surface area (Å²) in [5.74, 6) is -0.608. The molecule has 2 aromatic rings. The van der Waals surface area contributed by atoms with Crippen LogP contribution in [0.4, 0.5) is 4.39 Å². The number of nitrogens with one attached hydrogen (secondary N) is 1. The Bertz CT molecular complexity index is 825. The van der Waals surface area contributed by atoms with Crippen LogP contribution in [0.25, 0.3) is 0 Å². The van der Waals surface area contributed by atoms with E-state index in [0.29, 0.717) is 38.8 Å². The molecule has 0 fully saturated rings. The number of carbonyl (C=O) groups excluding carboxylic acids is 2. The molecule has 0 aliphatic rings. The molecule has 0 aliphatic carbocycles. The van der Waals surface area contributed by atoms with Gasteiger partial charge in [-0.05, 0) is 49.9 Å². The van der Waals surface area contributed by atoms with E-state index >= 15 is 0 Å². The summed E-state index contributed by atoms with van der Waals surface area (Å²) in [5.41, 5.74) is 1.76. The molecule has 5 nitrogen and oxygen atoms in total. The first-order valence-electron chi connectivity index (χ1n) is 11.4. The first-order chi connectivity index (χ1) is 15.4. The average Bonchev–Trinajstić information content (AvgIpc) is 2.77. The Morgan fingerprint density at radius 2 is 1.72 bits per heavy atom. The second kappa shape index (κ2) is 13.6. The van der Waals surface area contributed by atoms with Crippen LogP contribution in [0, 0.1) is 5.82 Å². The van der Waals surface area contributed by atoms with Gasteiger partial charge in [-0.15, -0.1) is 0 Å². The molecule has 174 valence electrons. The van der Waals surface area contributed by atoms with Crippen LogP contribution in [0.5, 0.6) is 0 Å². The van der Waals surface area contributed by atoms with Crippen LogP contribution in [0.2, 0.25) is 0 Å². The standard InChI is InChI=1S/C26H35FN2O3/c1-4-9-25(30)29(19-22-12-14-23(27)15-13-22)24(18-21-10-6-5-7-11-21)26(31)28-16-8-17-32-20(2)3/h5-7,10-15,20,24H,4,8-9,16-19H2,1-3H3,(H,28,31)/t24-/m1/s1. The molecule has 0 radical (unpaired) electrons. The summed E-state index contributed by atoms with van der Waals surface area (Å²) < 4.78 is 18.9. The van der Waals surface area contributed by atoms with Crippen molar-refractivity contribution < 1.29 is 18.7 Å². The van der Waals surface area contributed by atoms with Crippen molar-refractivity contribution in [2.75, 3.05) is 13.2 Å². The molecule has 32 heavy (non-hydrogen) atoms. The summed E-state index contributed by atoms with van der Waals surface area (Å²) in [6, 6.07) is 15.1. The Morgan fingerprint density at radius 3 is 2.34 bits per heavy atom. The van der Waals surface area contributed by atoms with E-state index in [1.807, 2.05) is 51.1 Å². The van der Waals surface area contributed by atoms with E-state index in [-0.39, 0.29) is 30.3 Å². The van der Waals surface area contributed by atoms with E-state index in [2.05, 4.69) is 5.32 Å². The summed E-state index contributed by atoms with van der Waals surface area (Å²) in [6.45, 7) is 7.18. The van der Waals surface area contributed by atoms with Crippen LogP contribution in [0.1, 0.15) is 51.2 Å². The second-order valence-corrected chi connectivity index (χ2v) is 8.17. The van der Waals surface area contributed by atoms with Crippen LogP contribution in [0.3, 0.4) is 0 Å². The minimum Gasteiger partial charge on any atom is -0.379 e. The number of rotatable bonds is 13. The van der Waals surface area contributed by atoms with E-state index in [1.165, 1.54) is 12.1 Å². The summed E-state index contributed by atoms with van der Waals surface area (Å²) in [7, 11) is 0. The lowest BCUT2D eigenvalue weighted by Gasteiger charge is -2.31. The first kappa shape index (κ1) is 25.5. The molecule has 0 unspecified atom stereocenters. The van der Waals surface area contributed by atoms with Gasteiger partial charge in [0.2, 0.25) is 11.8 Å². The van der Waals surface area contributed by atoms with Crippen LogP contribution in [-0.4, -0.2) is 42.0 Å². The normalized spacial score (nSPS) is 11.9. The van der Waals surface area contributed by atoms with Gasteiger partial charge in [0, 0.05) is 32.5 Å². The van der Waals surface area contributed by atoms with Crippen LogP contribution < -0.4 is 5.32 Å². The van der Waals surface area contributed by atoms with Crippen molar-refractivity contribution in [3.8, 4) is 0 Å². The molecule has 0 aromatic heterocycles. The van der Waals surface area contributed by atoms with E-state index in [4.69, 9.17) is 4.74 Å². The van der Waals surface area contributed by atoms with Crippen LogP contribution >= 0.6 is 0 Å². The van der Waals surface area contributed by atoms with Crippen molar-refractivity contribution in [3.05, 3.63) is 71.5 Å². The number of benzene rings is 2. The molecule has 2 amide bonds. The predicted molar refractivity (Wildman–Crippen MR) is 125 cm³/mol. The van der Waals surface area contributed by atoms with Gasteiger partial charge in [0.05, 0.1) is 6.10 Å². The zero-order valence-electron chi connectivity index (χ0n) is 19.4. The summed E-state index contributed by atoms with van der Waals surface area (Å²) in [4.78, 5) is 27.9. The molecule has 0 spiro atoms. The number of ether oxygens (including phenoxy) is 1. The third kappa shape index (κ3) is 8.79. The molecule has 1 N–H and O–H groups in total. The van der Waals surface area contributed by atoms with Gasteiger partial charge in [0.1, 0.15) is 11.9 Å². The van der Waals surface area contributed by atoms with E-state index in [9.17, 15) is 14.0 Å². The molecule has 0 bridgehead atoms. The van der Waals surface area contributed by atoms with E-state index in [1.54, 1.807) is 17.0 Å². The van der Waals surface area contributed by atoms with E-state index in [0.717, 1.165) is 11.1 Å². The minimum atomic E-state index is -0.660. The highest BCUT2D eigenvalue weighted by Crippen LogP contribution is 2.16. The molecule has 1 atom stereocenters. The number of amides is 2. The van der Waals surface area contributed by atoms with Gasteiger partial charge in [-0.3, -0.25) is 9.59 Å². The Morgan fingerprint density at radius 1 is 1.03 bits per heavy atom. The fourth-order valence-corrected chi connectivity index (χ4v) is 3.42. The van der Waals surface area contributed by atoms with Crippen molar-refractivity contribution >= 4 is 11.8 Å². The zero-order valence-corrected chi connectivity index (χ0v) is 19.4. The molecule has 0 saturated carbocycles. The fraction of sp³-hybridized carbons (Fsp3) is 0.462. The van der Waals surface area contributed by atoms with E-state index < -0.39 is 6.04 Å². The molecule has 6 heteroatoms. The maximum Gasteiger partial charge on any atom is 0.243 e. The lowest BCUT2D eigenvalue weighted by Crippen LogP contribution is -2.50. The average molecular weight is 443 g/mol. The van der Waals surface area contributed by atoms with Crippen molar-refractivity contribution in [2.45, 2.75) is 65.1 Å². The third-order valence-corrected chi connectivity index (χ3v) is 5.07. The van der Waals surface area contributed by atoms with Crippen LogP contribution in [0.15, 0.2) is 54.6 Å². The Labute approximate surface area is 191 Å². The molecular formula is C26H35FN2O3. The van der Waals surface area contributed by atoms with Crippen molar-refractivity contribution in [2.24, 2.45) is 0 Å². The van der Waals surface area contributed by atoms with Gasteiger partial charge in [-0.1, -0.05) is 49.4 Å². The van der Waals surface area contributed by atoms with Crippen molar-refractivity contribution in [3.63, 3.8) is 0 Å². The van der Waals surface area contributed by atoms with Gasteiger partial charge in [-0.25, -0.2) is 4.39 Å². The predicted octanol–water partition coefficient (Wildman–Crippen LogP) is 4.50. The number of hydrogen-bond acceptors (Lipinski definition) is 3. The lowest BCUT2D eigenvalue weighted by atomic mass is 10.0. The Balaban J connectivity index is 2.21. The number of halogens is 1. The highest BCUT2D eigenvalue weighted by Gasteiger charge is 2.29. The van der Waals surface area contributed by atoms with Gasteiger partial charge < -0.3 is 15.0 Å². The molecule has 0 saturated heterocycles. The summed E-state index contributed by atoms with van der Waals surface area (Å²) in [5, 5.41) is 2.98. The SMILES string of the molecule is CCCC(=O)N(Cc1ccc(F)cc1)[C@H](Cc1ccccc1)C(=O)NCCCOC(C)C. The summed E-state index contributed by atoms with van der Waals surface area (Å²) >= 11 is 0. The smallest absolute Gasteiger partial charge is 0.243 e. The number of hydrogen-bond donors (Lipinski definition) is 1. The minimum absolute atomic E-state index is 0.0870. The van der Waals surface area contributed by atoms with Crippen molar-refractivity contribution in [1.82, 2.24) is 10.2 Å². The highest BCUT2D eigenvalue weighted by atomic mass is 19.1. The monoisotopic (exact) mass is 442 g/mol. The van der Waals surface area contributed by atoms with Gasteiger partial charge in [0.15, 0.2) is 0 Å². The highest BCUT2D eigenvalue weighted by molar-refractivity contribution is 5.88. The van der Waals surface area contributed by atoms with Crippen molar-refractivity contribution in [1.29, 1.82) is 0 Å².